The first-order valence-corrected chi connectivity index (χ1v) is 9.02. The maximum atomic E-state index is 12.9. The third-order valence-corrected chi connectivity index (χ3v) is 5.78. The van der Waals surface area contributed by atoms with Gasteiger partial charge in [0.2, 0.25) is 5.24 Å². The Labute approximate surface area is 149 Å². The number of aryl methyl sites for hydroxylation is 1. The molecule has 0 aliphatic carbocycles. The highest BCUT2D eigenvalue weighted by atomic mass is 35.5. The average Bonchev–Trinajstić information content (AvgIpc) is 2.48. The highest BCUT2D eigenvalue weighted by molar-refractivity contribution is 7.92. The summed E-state index contributed by atoms with van der Waals surface area (Å²) in [4.78, 5) is 11.4. The summed E-state index contributed by atoms with van der Waals surface area (Å²) in [6, 6.07) is 10.7. The van der Waals surface area contributed by atoms with Crippen LogP contribution >= 0.6 is 34.8 Å². The SMILES string of the molecule is Cc1ccc(S(=O)(=O)N(CC(=O)Cl)c2cccc(Cl)c2Cl)cc1. The van der Waals surface area contributed by atoms with E-state index in [1.807, 2.05) is 6.92 Å². The minimum Gasteiger partial charge on any atom is -0.279 e. The number of sulfonamides is 1. The summed E-state index contributed by atoms with van der Waals surface area (Å²) < 4.78 is 26.6. The van der Waals surface area contributed by atoms with Gasteiger partial charge < -0.3 is 0 Å². The maximum Gasteiger partial charge on any atom is 0.264 e. The minimum absolute atomic E-state index is 0.0251. The Morgan fingerprint density at radius 2 is 1.70 bits per heavy atom. The van der Waals surface area contributed by atoms with Crippen molar-refractivity contribution in [1.82, 2.24) is 0 Å². The van der Waals surface area contributed by atoms with Crippen molar-refractivity contribution in [3.63, 3.8) is 0 Å². The van der Waals surface area contributed by atoms with Crippen molar-refractivity contribution >= 4 is 55.8 Å². The molecule has 0 fully saturated rings. The molecule has 0 aromatic heterocycles. The quantitative estimate of drug-likeness (QED) is 0.714. The summed E-state index contributed by atoms with van der Waals surface area (Å²) in [6.07, 6.45) is 0. The number of anilines is 1. The van der Waals surface area contributed by atoms with Gasteiger partial charge in [0, 0.05) is 0 Å². The fourth-order valence-corrected chi connectivity index (χ4v) is 4.01. The van der Waals surface area contributed by atoms with Crippen LogP contribution in [0.1, 0.15) is 5.56 Å². The van der Waals surface area contributed by atoms with Crippen molar-refractivity contribution in [3.05, 3.63) is 58.1 Å². The van der Waals surface area contributed by atoms with Crippen molar-refractivity contribution < 1.29 is 13.2 Å². The lowest BCUT2D eigenvalue weighted by Crippen LogP contribution is -2.34. The van der Waals surface area contributed by atoms with Crippen LogP contribution in [0.25, 0.3) is 0 Å². The molecule has 4 nitrogen and oxygen atoms in total. The van der Waals surface area contributed by atoms with Crippen molar-refractivity contribution in [2.45, 2.75) is 11.8 Å². The molecule has 0 radical (unpaired) electrons. The Balaban J connectivity index is 2.60. The molecule has 0 aliphatic rings. The highest BCUT2D eigenvalue weighted by Crippen LogP contribution is 2.35. The van der Waals surface area contributed by atoms with Crippen molar-refractivity contribution in [2.24, 2.45) is 0 Å². The number of hydrogen-bond donors (Lipinski definition) is 0. The van der Waals surface area contributed by atoms with Gasteiger partial charge in [0.05, 0.1) is 20.6 Å². The predicted octanol–water partition coefficient (Wildman–Crippen LogP) is 4.26. The fourth-order valence-electron chi connectivity index (χ4n) is 1.94. The first-order valence-electron chi connectivity index (χ1n) is 6.45. The van der Waals surface area contributed by atoms with Gasteiger partial charge in [-0.2, -0.15) is 0 Å². The molecular formula is C15H12Cl3NO3S. The minimum atomic E-state index is -4.02. The lowest BCUT2D eigenvalue weighted by molar-refractivity contribution is -0.110. The number of halogens is 3. The predicted molar refractivity (Wildman–Crippen MR) is 93.0 cm³/mol. The molecule has 23 heavy (non-hydrogen) atoms. The fraction of sp³-hybridized carbons (Fsp3) is 0.133. The van der Waals surface area contributed by atoms with E-state index in [0.717, 1.165) is 9.87 Å². The van der Waals surface area contributed by atoms with E-state index in [9.17, 15) is 13.2 Å². The Morgan fingerprint density at radius 3 is 2.26 bits per heavy atom. The Bertz CT molecular complexity index is 836. The molecule has 0 unspecified atom stereocenters. The van der Waals surface area contributed by atoms with E-state index in [4.69, 9.17) is 34.8 Å². The van der Waals surface area contributed by atoms with E-state index in [-0.39, 0.29) is 20.6 Å². The van der Waals surface area contributed by atoms with Crippen LogP contribution in [-0.4, -0.2) is 20.2 Å². The van der Waals surface area contributed by atoms with Crippen LogP contribution in [0.5, 0.6) is 0 Å². The van der Waals surface area contributed by atoms with Crippen LogP contribution in [-0.2, 0) is 14.8 Å². The zero-order chi connectivity index (χ0) is 17.2. The second-order valence-electron chi connectivity index (χ2n) is 4.75. The first-order chi connectivity index (χ1) is 10.7. The Morgan fingerprint density at radius 1 is 1.09 bits per heavy atom. The Kier molecular flexibility index (Phi) is 5.57. The largest absolute Gasteiger partial charge is 0.279 e. The monoisotopic (exact) mass is 391 g/mol. The standard InChI is InChI=1S/C15H12Cl3NO3S/c1-10-5-7-11(8-6-10)23(21,22)19(9-14(17)20)13-4-2-3-12(16)15(13)18/h2-8H,9H2,1H3. The van der Waals surface area contributed by atoms with Crippen molar-refractivity contribution in [1.29, 1.82) is 0 Å². The van der Waals surface area contributed by atoms with Gasteiger partial charge in [-0.1, -0.05) is 47.0 Å². The van der Waals surface area contributed by atoms with Gasteiger partial charge in [-0.25, -0.2) is 8.42 Å². The van der Waals surface area contributed by atoms with Crippen LogP contribution in [0.2, 0.25) is 10.0 Å². The molecule has 0 heterocycles. The molecule has 2 aromatic rings. The molecule has 0 amide bonds. The highest BCUT2D eigenvalue weighted by Gasteiger charge is 2.28. The van der Waals surface area contributed by atoms with Crippen LogP contribution in [0.3, 0.4) is 0 Å². The van der Waals surface area contributed by atoms with Gasteiger partial charge in [-0.15, -0.1) is 0 Å². The van der Waals surface area contributed by atoms with Crippen molar-refractivity contribution in [2.75, 3.05) is 10.8 Å². The number of carbonyl (C=O) groups excluding carboxylic acids is 1. The molecule has 0 N–H and O–H groups in total. The smallest absolute Gasteiger partial charge is 0.264 e. The molecule has 0 atom stereocenters. The topological polar surface area (TPSA) is 54.5 Å². The van der Waals surface area contributed by atoms with Gasteiger partial charge in [0.1, 0.15) is 6.54 Å². The van der Waals surface area contributed by atoms with Gasteiger partial charge in [-0.05, 0) is 42.8 Å². The average molecular weight is 393 g/mol. The molecule has 2 aromatic carbocycles. The summed E-state index contributed by atoms with van der Waals surface area (Å²) in [5, 5.41) is -0.630. The van der Waals surface area contributed by atoms with Crippen molar-refractivity contribution in [3.8, 4) is 0 Å². The maximum absolute atomic E-state index is 12.9. The summed E-state index contributed by atoms with van der Waals surface area (Å²) >= 11 is 17.4. The zero-order valence-electron chi connectivity index (χ0n) is 12.0. The van der Waals surface area contributed by atoms with E-state index in [0.29, 0.717) is 0 Å². The second kappa shape index (κ2) is 7.09. The normalized spacial score (nSPS) is 11.3. The second-order valence-corrected chi connectivity index (χ2v) is 7.82. The molecule has 8 heteroatoms. The zero-order valence-corrected chi connectivity index (χ0v) is 15.0. The van der Waals surface area contributed by atoms with Crippen LogP contribution < -0.4 is 4.31 Å². The third kappa shape index (κ3) is 3.98. The first kappa shape index (κ1) is 18.1. The van der Waals surface area contributed by atoms with Crippen LogP contribution in [0.15, 0.2) is 47.4 Å². The lowest BCUT2D eigenvalue weighted by atomic mass is 10.2. The molecule has 122 valence electrons. The van der Waals surface area contributed by atoms with Crippen LogP contribution in [0, 0.1) is 6.92 Å². The van der Waals surface area contributed by atoms with E-state index < -0.39 is 21.8 Å². The number of benzene rings is 2. The number of rotatable bonds is 5. The van der Waals surface area contributed by atoms with E-state index in [2.05, 4.69) is 0 Å². The van der Waals surface area contributed by atoms with E-state index in [1.54, 1.807) is 18.2 Å². The molecule has 2 rings (SSSR count). The van der Waals surface area contributed by atoms with Gasteiger partial charge in [0.15, 0.2) is 0 Å². The molecule has 0 bridgehead atoms. The lowest BCUT2D eigenvalue weighted by Gasteiger charge is -2.24. The molecule has 0 aliphatic heterocycles. The molecule has 0 spiro atoms. The number of carbonyl (C=O) groups is 1. The Hall–Kier alpha value is -1.27. The number of hydrogen-bond acceptors (Lipinski definition) is 3. The van der Waals surface area contributed by atoms with E-state index >= 15 is 0 Å². The summed E-state index contributed by atoms with van der Waals surface area (Å²) in [5.41, 5.74) is 0.999. The van der Waals surface area contributed by atoms with Gasteiger partial charge in [-0.3, -0.25) is 9.10 Å². The number of nitrogens with zero attached hydrogens (tertiary/aromatic N) is 1. The molecule has 0 saturated heterocycles. The summed E-state index contributed by atoms with van der Waals surface area (Å²) in [7, 11) is -4.02. The third-order valence-electron chi connectivity index (χ3n) is 3.08. The summed E-state index contributed by atoms with van der Waals surface area (Å²) in [6.45, 7) is 1.28. The molecule has 0 saturated carbocycles. The van der Waals surface area contributed by atoms with Gasteiger partial charge in [0.25, 0.3) is 10.0 Å². The van der Waals surface area contributed by atoms with E-state index in [1.165, 1.54) is 24.3 Å². The molecular weight excluding hydrogens is 381 g/mol. The van der Waals surface area contributed by atoms with Gasteiger partial charge >= 0.3 is 0 Å². The van der Waals surface area contributed by atoms with Crippen LogP contribution in [0.4, 0.5) is 5.69 Å². The summed E-state index contributed by atoms with van der Waals surface area (Å²) in [5.74, 6) is 0.